The standard InChI is InChI=1S/C15H23N3OS/c1-16-14(19)13-10-12(6-9-17-13)18-11-15(20-2)7-4-3-5-8-15/h6,9-10H,3-5,7-8,11H2,1-2H3,(H,16,19)(H,17,18). The molecule has 0 unspecified atom stereocenters. The molecule has 0 spiro atoms. The Morgan fingerprint density at radius 2 is 2.15 bits per heavy atom. The number of amides is 1. The summed E-state index contributed by atoms with van der Waals surface area (Å²) in [6, 6.07) is 3.74. The Balaban J connectivity index is 2.01. The quantitative estimate of drug-likeness (QED) is 0.876. The molecule has 0 saturated heterocycles. The maximum atomic E-state index is 11.6. The molecule has 1 heterocycles. The van der Waals surface area contributed by atoms with Crippen molar-refractivity contribution in [1.29, 1.82) is 0 Å². The van der Waals surface area contributed by atoms with Crippen molar-refractivity contribution in [2.75, 3.05) is 25.2 Å². The molecular formula is C15H23N3OS. The highest BCUT2D eigenvalue weighted by Gasteiger charge is 2.30. The third-order valence-corrected chi connectivity index (χ3v) is 5.45. The van der Waals surface area contributed by atoms with E-state index >= 15 is 0 Å². The van der Waals surface area contributed by atoms with E-state index in [0.29, 0.717) is 10.4 Å². The molecule has 0 aliphatic heterocycles. The van der Waals surface area contributed by atoms with Gasteiger partial charge >= 0.3 is 0 Å². The fourth-order valence-electron chi connectivity index (χ4n) is 2.71. The van der Waals surface area contributed by atoms with Crippen molar-refractivity contribution in [3.8, 4) is 0 Å². The molecule has 1 aliphatic rings. The molecule has 0 atom stereocenters. The van der Waals surface area contributed by atoms with Crippen molar-refractivity contribution in [3.63, 3.8) is 0 Å². The maximum Gasteiger partial charge on any atom is 0.269 e. The first-order chi connectivity index (χ1) is 9.69. The van der Waals surface area contributed by atoms with E-state index in [1.54, 1.807) is 13.2 Å². The summed E-state index contributed by atoms with van der Waals surface area (Å²) in [5.41, 5.74) is 1.43. The molecule has 5 heteroatoms. The molecule has 2 N–H and O–H groups in total. The monoisotopic (exact) mass is 293 g/mol. The van der Waals surface area contributed by atoms with Crippen LogP contribution in [0.1, 0.15) is 42.6 Å². The zero-order valence-corrected chi connectivity index (χ0v) is 13.1. The smallest absolute Gasteiger partial charge is 0.269 e. The van der Waals surface area contributed by atoms with E-state index in [0.717, 1.165) is 12.2 Å². The van der Waals surface area contributed by atoms with Gasteiger partial charge in [-0.15, -0.1) is 0 Å². The van der Waals surface area contributed by atoms with Crippen LogP contribution in [-0.4, -0.2) is 35.5 Å². The number of nitrogens with one attached hydrogen (secondary N) is 2. The van der Waals surface area contributed by atoms with Gasteiger partial charge in [-0.2, -0.15) is 11.8 Å². The van der Waals surface area contributed by atoms with Gasteiger partial charge in [0.2, 0.25) is 0 Å². The molecule has 4 nitrogen and oxygen atoms in total. The number of carbonyl (C=O) groups is 1. The van der Waals surface area contributed by atoms with Gasteiger partial charge in [0.15, 0.2) is 0 Å². The van der Waals surface area contributed by atoms with Gasteiger partial charge in [-0.25, -0.2) is 0 Å². The number of pyridine rings is 1. The molecule has 0 radical (unpaired) electrons. The molecular weight excluding hydrogens is 270 g/mol. The van der Waals surface area contributed by atoms with Crippen LogP contribution in [0, 0.1) is 0 Å². The molecule has 1 aliphatic carbocycles. The van der Waals surface area contributed by atoms with Gasteiger partial charge in [0, 0.05) is 30.2 Å². The van der Waals surface area contributed by atoms with Crippen LogP contribution in [0.5, 0.6) is 0 Å². The summed E-state index contributed by atoms with van der Waals surface area (Å²) in [5, 5.41) is 6.08. The molecule has 0 bridgehead atoms. The molecule has 1 saturated carbocycles. The van der Waals surface area contributed by atoms with Crippen molar-refractivity contribution >= 4 is 23.4 Å². The summed E-state index contributed by atoms with van der Waals surface area (Å²) in [6.45, 7) is 0.950. The van der Waals surface area contributed by atoms with Gasteiger partial charge in [-0.05, 0) is 31.2 Å². The number of nitrogens with zero attached hydrogens (tertiary/aromatic N) is 1. The normalized spacial score (nSPS) is 17.5. The lowest BCUT2D eigenvalue weighted by molar-refractivity contribution is 0.0958. The molecule has 0 aromatic carbocycles. The minimum Gasteiger partial charge on any atom is -0.384 e. The minimum absolute atomic E-state index is 0.147. The summed E-state index contributed by atoms with van der Waals surface area (Å²) >= 11 is 1.97. The third kappa shape index (κ3) is 3.66. The Bertz CT molecular complexity index is 458. The average molecular weight is 293 g/mol. The van der Waals surface area contributed by atoms with E-state index in [1.165, 1.54) is 32.1 Å². The SMILES string of the molecule is CNC(=O)c1cc(NCC2(SC)CCCCC2)ccn1. The second-order valence-electron chi connectivity index (χ2n) is 5.31. The minimum atomic E-state index is -0.147. The lowest BCUT2D eigenvalue weighted by atomic mass is 9.88. The number of hydrogen-bond acceptors (Lipinski definition) is 4. The van der Waals surface area contributed by atoms with Gasteiger partial charge in [0.1, 0.15) is 5.69 Å². The van der Waals surface area contributed by atoms with Crippen molar-refractivity contribution < 1.29 is 4.79 Å². The molecule has 20 heavy (non-hydrogen) atoms. The van der Waals surface area contributed by atoms with Crippen molar-refractivity contribution in [3.05, 3.63) is 24.0 Å². The first-order valence-corrected chi connectivity index (χ1v) is 8.39. The maximum absolute atomic E-state index is 11.6. The zero-order valence-electron chi connectivity index (χ0n) is 12.2. The summed E-state index contributed by atoms with van der Waals surface area (Å²) in [4.78, 5) is 15.7. The van der Waals surface area contributed by atoms with Crippen LogP contribution in [-0.2, 0) is 0 Å². The molecule has 1 fully saturated rings. The Hall–Kier alpha value is -1.23. The van der Waals surface area contributed by atoms with Gasteiger partial charge in [0.25, 0.3) is 5.91 Å². The van der Waals surface area contributed by atoms with Crippen LogP contribution < -0.4 is 10.6 Å². The Morgan fingerprint density at radius 1 is 1.40 bits per heavy atom. The van der Waals surface area contributed by atoms with E-state index < -0.39 is 0 Å². The largest absolute Gasteiger partial charge is 0.384 e. The number of aromatic nitrogens is 1. The predicted molar refractivity (Wildman–Crippen MR) is 85.4 cm³/mol. The van der Waals surface area contributed by atoms with Gasteiger partial charge in [-0.1, -0.05) is 19.3 Å². The summed E-state index contributed by atoms with van der Waals surface area (Å²) < 4.78 is 0.342. The topological polar surface area (TPSA) is 54.0 Å². The highest BCUT2D eigenvalue weighted by Crippen LogP contribution is 2.38. The number of rotatable bonds is 5. The number of thioether (sulfide) groups is 1. The van der Waals surface area contributed by atoms with Gasteiger partial charge < -0.3 is 10.6 Å². The summed E-state index contributed by atoms with van der Waals surface area (Å²) in [7, 11) is 1.62. The lowest BCUT2D eigenvalue weighted by Crippen LogP contribution is -2.35. The van der Waals surface area contributed by atoms with Crippen LogP contribution in [0.15, 0.2) is 18.3 Å². The Morgan fingerprint density at radius 3 is 2.80 bits per heavy atom. The van der Waals surface area contributed by atoms with Gasteiger partial charge in [-0.3, -0.25) is 9.78 Å². The van der Waals surface area contributed by atoms with Crippen LogP contribution >= 0.6 is 11.8 Å². The Labute approximate surface area is 125 Å². The van der Waals surface area contributed by atoms with Crippen LogP contribution in [0.2, 0.25) is 0 Å². The number of hydrogen-bond donors (Lipinski definition) is 2. The lowest BCUT2D eigenvalue weighted by Gasteiger charge is -2.36. The third-order valence-electron chi connectivity index (χ3n) is 4.03. The summed E-state index contributed by atoms with van der Waals surface area (Å²) in [5.74, 6) is -0.147. The van der Waals surface area contributed by atoms with Crippen molar-refractivity contribution in [2.24, 2.45) is 0 Å². The van der Waals surface area contributed by atoms with E-state index in [1.807, 2.05) is 23.9 Å². The second-order valence-corrected chi connectivity index (χ2v) is 6.58. The molecule has 1 amide bonds. The highest BCUT2D eigenvalue weighted by molar-refractivity contribution is 8.00. The predicted octanol–water partition coefficient (Wildman–Crippen LogP) is 2.92. The fraction of sp³-hybridized carbons (Fsp3) is 0.600. The molecule has 2 rings (SSSR count). The van der Waals surface area contributed by atoms with E-state index in [-0.39, 0.29) is 5.91 Å². The highest BCUT2D eigenvalue weighted by atomic mass is 32.2. The molecule has 1 aromatic heterocycles. The second kappa shape index (κ2) is 6.97. The van der Waals surface area contributed by atoms with Crippen molar-refractivity contribution in [2.45, 2.75) is 36.9 Å². The Kier molecular flexibility index (Phi) is 5.29. The number of carbonyl (C=O) groups excluding carboxylic acids is 1. The van der Waals surface area contributed by atoms with Crippen LogP contribution in [0.3, 0.4) is 0 Å². The summed E-state index contributed by atoms with van der Waals surface area (Å²) in [6.07, 6.45) is 10.4. The fourth-order valence-corrected chi connectivity index (χ4v) is 3.62. The average Bonchev–Trinajstić information content (AvgIpc) is 2.53. The first kappa shape index (κ1) is 15.2. The van der Waals surface area contributed by atoms with Crippen LogP contribution in [0.25, 0.3) is 0 Å². The van der Waals surface area contributed by atoms with E-state index in [2.05, 4.69) is 21.9 Å². The van der Waals surface area contributed by atoms with Crippen LogP contribution in [0.4, 0.5) is 5.69 Å². The van der Waals surface area contributed by atoms with Crippen molar-refractivity contribution in [1.82, 2.24) is 10.3 Å². The van der Waals surface area contributed by atoms with E-state index in [4.69, 9.17) is 0 Å². The van der Waals surface area contributed by atoms with E-state index in [9.17, 15) is 4.79 Å². The molecule has 1 aromatic rings. The zero-order chi connectivity index (χ0) is 14.4. The molecule has 110 valence electrons. The number of anilines is 1. The van der Waals surface area contributed by atoms with Gasteiger partial charge in [0.05, 0.1) is 0 Å². The first-order valence-electron chi connectivity index (χ1n) is 7.16.